The lowest BCUT2D eigenvalue weighted by Gasteiger charge is -2.14. The van der Waals surface area contributed by atoms with Crippen LogP contribution in [0.25, 0.3) is 26.1 Å². The largest absolute Gasteiger partial charge is 0.497 e. The van der Waals surface area contributed by atoms with Crippen LogP contribution in [-0.2, 0) is 0 Å². The number of benzene rings is 1. The van der Waals surface area contributed by atoms with Gasteiger partial charge in [0.05, 0.1) is 23.9 Å². The molecule has 0 saturated heterocycles. The predicted octanol–water partition coefficient (Wildman–Crippen LogP) is 3.38. The SMILES string of the molecule is COc1ccc(-n2c(C)nc3c(sc4nccc(N(C)C)c43)c2=O)cc1. The summed E-state index contributed by atoms with van der Waals surface area (Å²) in [5.41, 5.74) is 2.41. The highest BCUT2D eigenvalue weighted by Crippen LogP contribution is 2.35. The number of hydrogen-bond acceptors (Lipinski definition) is 6. The van der Waals surface area contributed by atoms with Gasteiger partial charge in [0.25, 0.3) is 5.56 Å². The number of nitrogens with zero attached hydrogens (tertiary/aromatic N) is 4. The predicted molar refractivity (Wildman–Crippen MR) is 106 cm³/mol. The third kappa shape index (κ3) is 2.43. The highest BCUT2D eigenvalue weighted by Gasteiger charge is 2.18. The molecular formula is C19H18N4O2S. The van der Waals surface area contributed by atoms with Crippen LogP contribution in [0, 0.1) is 6.92 Å². The number of ether oxygens (including phenoxy) is 1. The lowest BCUT2D eigenvalue weighted by molar-refractivity contribution is 0.414. The van der Waals surface area contributed by atoms with Gasteiger partial charge in [-0.2, -0.15) is 0 Å². The van der Waals surface area contributed by atoms with Crippen molar-refractivity contribution in [1.29, 1.82) is 0 Å². The summed E-state index contributed by atoms with van der Waals surface area (Å²) in [5, 5.41) is 0.930. The number of methoxy groups -OCH3 is 1. The molecule has 0 radical (unpaired) electrons. The zero-order valence-electron chi connectivity index (χ0n) is 15.0. The third-order valence-electron chi connectivity index (χ3n) is 4.35. The Kier molecular flexibility index (Phi) is 3.88. The molecule has 0 amide bonds. The molecule has 0 N–H and O–H groups in total. The Balaban J connectivity index is 2.04. The number of pyridine rings is 1. The van der Waals surface area contributed by atoms with Crippen molar-refractivity contribution in [2.75, 3.05) is 26.1 Å². The maximum atomic E-state index is 13.2. The second kappa shape index (κ2) is 6.10. The van der Waals surface area contributed by atoms with Crippen LogP contribution in [0.1, 0.15) is 5.82 Å². The molecule has 4 rings (SSSR count). The van der Waals surface area contributed by atoms with Gasteiger partial charge < -0.3 is 9.64 Å². The Labute approximate surface area is 154 Å². The van der Waals surface area contributed by atoms with Gasteiger partial charge in [-0.3, -0.25) is 9.36 Å². The fourth-order valence-electron chi connectivity index (χ4n) is 3.11. The van der Waals surface area contributed by atoms with Crippen LogP contribution in [0.2, 0.25) is 0 Å². The van der Waals surface area contributed by atoms with Gasteiger partial charge >= 0.3 is 0 Å². The summed E-state index contributed by atoms with van der Waals surface area (Å²) in [6, 6.07) is 9.33. The molecule has 26 heavy (non-hydrogen) atoms. The van der Waals surface area contributed by atoms with Crippen LogP contribution >= 0.6 is 11.3 Å². The summed E-state index contributed by atoms with van der Waals surface area (Å²) in [6.45, 7) is 1.85. The van der Waals surface area contributed by atoms with Crippen LogP contribution in [0.4, 0.5) is 5.69 Å². The smallest absolute Gasteiger partial charge is 0.276 e. The van der Waals surface area contributed by atoms with E-state index in [0.717, 1.165) is 27.3 Å². The first-order valence-corrected chi connectivity index (χ1v) is 8.95. The van der Waals surface area contributed by atoms with Gasteiger partial charge in [-0.25, -0.2) is 9.97 Å². The Morgan fingerprint density at radius 1 is 1.15 bits per heavy atom. The van der Waals surface area contributed by atoms with Gasteiger partial charge in [-0.1, -0.05) is 0 Å². The van der Waals surface area contributed by atoms with Crippen molar-refractivity contribution in [3.8, 4) is 11.4 Å². The zero-order chi connectivity index (χ0) is 18.4. The molecule has 4 aromatic rings. The topological polar surface area (TPSA) is 60.2 Å². The van der Waals surface area contributed by atoms with E-state index in [1.165, 1.54) is 11.3 Å². The van der Waals surface area contributed by atoms with E-state index < -0.39 is 0 Å². The van der Waals surface area contributed by atoms with E-state index in [4.69, 9.17) is 9.72 Å². The van der Waals surface area contributed by atoms with E-state index >= 15 is 0 Å². The fourth-order valence-corrected chi connectivity index (χ4v) is 4.14. The minimum absolute atomic E-state index is 0.0784. The van der Waals surface area contributed by atoms with Crippen LogP contribution in [0.15, 0.2) is 41.3 Å². The average Bonchev–Trinajstić information content (AvgIpc) is 3.01. The second-order valence-corrected chi connectivity index (χ2v) is 7.18. The van der Waals surface area contributed by atoms with Crippen molar-refractivity contribution in [2.24, 2.45) is 0 Å². The van der Waals surface area contributed by atoms with Crippen molar-refractivity contribution in [2.45, 2.75) is 6.92 Å². The van der Waals surface area contributed by atoms with Crippen LogP contribution in [0.5, 0.6) is 5.75 Å². The Morgan fingerprint density at radius 3 is 2.54 bits per heavy atom. The lowest BCUT2D eigenvalue weighted by atomic mass is 10.2. The van der Waals surface area contributed by atoms with Crippen LogP contribution in [0.3, 0.4) is 0 Å². The van der Waals surface area contributed by atoms with E-state index in [1.807, 2.05) is 56.3 Å². The minimum Gasteiger partial charge on any atom is -0.497 e. The first-order chi connectivity index (χ1) is 12.5. The number of rotatable bonds is 3. The average molecular weight is 366 g/mol. The summed E-state index contributed by atoms with van der Waals surface area (Å²) in [5.74, 6) is 1.39. The molecular weight excluding hydrogens is 348 g/mol. The number of anilines is 1. The molecule has 7 heteroatoms. The summed E-state index contributed by atoms with van der Waals surface area (Å²) in [7, 11) is 5.57. The molecule has 3 heterocycles. The molecule has 1 aromatic carbocycles. The van der Waals surface area contributed by atoms with Gasteiger partial charge in [-0.05, 0) is 37.3 Å². The van der Waals surface area contributed by atoms with Crippen molar-refractivity contribution in [1.82, 2.24) is 14.5 Å². The summed E-state index contributed by atoms with van der Waals surface area (Å²) < 4.78 is 7.44. The van der Waals surface area contributed by atoms with Gasteiger partial charge in [-0.15, -0.1) is 11.3 Å². The Hall–Kier alpha value is -2.93. The van der Waals surface area contributed by atoms with Crippen molar-refractivity contribution < 1.29 is 4.74 Å². The van der Waals surface area contributed by atoms with Gasteiger partial charge in [0.2, 0.25) is 0 Å². The van der Waals surface area contributed by atoms with E-state index in [0.29, 0.717) is 16.0 Å². The quantitative estimate of drug-likeness (QED) is 0.556. The summed E-state index contributed by atoms with van der Waals surface area (Å²) in [4.78, 5) is 25.3. The molecule has 3 aromatic heterocycles. The van der Waals surface area contributed by atoms with Crippen LogP contribution < -0.4 is 15.2 Å². The molecule has 0 spiro atoms. The minimum atomic E-state index is -0.0784. The lowest BCUT2D eigenvalue weighted by Crippen LogP contribution is -2.21. The van der Waals surface area contributed by atoms with Gasteiger partial charge in [0, 0.05) is 20.3 Å². The summed E-state index contributed by atoms with van der Waals surface area (Å²) >= 11 is 1.39. The fraction of sp³-hybridized carbons (Fsp3) is 0.211. The molecule has 0 aliphatic rings. The second-order valence-electron chi connectivity index (χ2n) is 6.18. The third-order valence-corrected chi connectivity index (χ3v) is 5.43. The molecule has 132 valence electrons. The standard InChI is InChI=1S/C19H18N4O2S/c1-11-21-16-15-14(22(2)3)9-10-20-18(15)26-17(16)19(24)23(11)12-5-7-13(25-4)8-6-12/h5-10H,1-4H3. The van der Waals surface area contributed by atoms with E-state index in [-0.39, 0.29) is 5.56 Å². The number of thiophene rings is 1. The highest BCUT2D eigenvalue weighted by molar-refractivity contribution is 7.25. The molecule has 0 fully saturated rings. The molecule has 6 nitrogen and oxygen atoms in total. The molecule has 0 saturated carbocycles. The molecule has 0 bridgehead atoms. The first kappa shape index (κ1) is 16.5. The number of hydrogen-bond donors (Lipinski definition) is 0. The number of fused-ring (bicyclic) bond motifs is 3. The number of aryl methyl sites for hydroxylation is 1. The molecule has 0 aliphatic heterocycles. The van der Waals surface area contributed by atoms with Crippen molar-refractivity contribution in [3.05, 3.63) is 52.7 Å². The normalized spacial score (nSPS) is 11.2. The number of aromatic nitrogens is 3. The summed E-state index contributed by atoms with van der Waals surface area (Å²) in [6.07, 6.45) is 1.77. The first-order valence-electron chi connectivity index (χ1n) is 8.14. The van der Waals surface area contributed by atoms with E-state index in [1.54, 1.807) is 17.9 Å². The zero-order valence-corrected chi connectivity index (χ0v) is 15.8. The van der Waals surface area contributed by atoms with Crippen molar-refractivity contribution >= 4 is 37.5 Å². The maximum Gasteiger partial charge on any atom is 0.276 e. The van der Waals surface area contributed by atoms with Gasteiger partial charge in [0.1, 0.15) is 26.6 Å². The van der Waals surface area contributed by atoms with E-state index in [2.05, 4.69) is 4.98 Å². The molecule has 0 aliphatic carbocycles. The Bertz CT molecular complexity index is 1180. The van der Waals surface area contributed by atoms with Crippen LogP contribution in [-0.4, -0.2) is 35.7 Å². The maximum absolute atomic E-state index is 13.2. The monoisotopic (exact) mass is 366 g/mol. The van der Waals surface area contributed by atoms with E-state index in [9.17, 15) is 4.79 Å². The Morgan fingerprint density at radius 2 is 1.88 bits per heavy atom. The molecule has 0 atom stereocenters. The van der Waals surface area contributed by atoms with Crippen molar-refractivity contribution in [3.63, 3.8) is 0 Å². The van der Waals surface area contributed by atoms with Gasteiger partial charge in [0.15, 0.2) is 0 Å². The highest BCUT2D eigenvalue weighted by atomic mass is 32.1. The molecule has 0 unspecified atom stereocenters.